The number of amides is 2. The van der Waals surface area contributed by atoms with Gasteiger partial charge in [0.1, 0.15) is 29.0 Å². The summed E-state index contributed by atoms with van der Waals surface area (Å²) in [5.41, 5.74) is 2.50. The van der Waals surface area contributed by atoms with Crippen LogP contribution >= 0.6 is 24.0 Å². The Balaban J connectivity index is 1.37. The van der Waals surface area contributed by atoms with E-state index < -0.39 is 0 Å². The second-order valence-corrected chi connectivity index (χ2v) is 9.30. The third kappa shape index (κ3) is 6.71. The number of benzene rings is 3. The summed E-state index contributed by atoms with van der Waals surface area (Å²) in [4.78, 5) is 27.2. The standard InChI is InChI=1S/C27H24N2O4S2/c1-2-32-22-13-11-21(12-14-22)28-25(30)17-29-26(31)24(35-27(29)34)16-20-9-6-10-23(15-20)33-18-19-7-4-3-5-8-19/h3-16H,2,17-18H2,1H3,(H,28,30)/b24-16-. The quantitative estimate of drug-likeness (QED) is 0.306. The Kier molecular flexibility index (Phi) is 8.18. The maximum Gasteiger partial charge on any atom is 0.266 e. The van der Waals surface area contributed by atoms with Crippen molar-refractivity contribution in [3.8, 4) is 11.5 Å². The second-order valence-electron chi connectivity index (χ2n) is 7.62. The second kappa shape index (κ2) is 11.7. The third-order valence-electron chi connectivity index (χ3n) is 5.03. The zero-order valence-electron chi connectivity index (χ0n) is 19.1. The minimum absolute atomic E-state index is 0.157. The van der Waals surface area contributed by atoms with Gasteiger partial charge in [0, 0.05) is 5.69 Å². The summed E-state index contributed by atoms with van der Waals surface area (Å²) in [5.74, 6) is 0.801. The number of thioether (sulfide) groups is 1. The van der Waals surface area contributed by atoms with Crippen LogP contribution in [-0.4, -0.2) is 34.2 Å². The number of ether oxygens (including phenoxy) is 2. The highest BCUT2D eigenvalue weighted by atomic mass is 32.2. The number of carbonyl (C=O) groups is 2. The van der Waals surface area contributed by atoms with Gasteiger partial charge in [-0.1, -0.05) is 66.4 Å². The highest BCUT2D eigenvalue weighted by molar-refractivity contribution is 8.26. The van der Waals surface area contributed by atoms with Crippen molar-refractivity contribution >= 4 is 51.9 Å². The number of hydrogen-bond acceptors (Lipinski definition) is 6. The van der Waals surface area contributed by atoms with Gasteiger partial charge in [0.05, 0.1) is 11.5 Å². The first kappa shape index (κ1) is 24.5. The van der Waals surface area contributed by atoms with E-state index in [1.807, 2.05) is 61.5 Å². The van der Waals surface area contributed by atoms with Crippen LogP contribution in [0.5, 0.6) is 11.5 Å². The topological polar surface area (TPSA) is 67.9 Å². The van der Waals surface area contributed by atoms with E-state index >= 15 is 0 Å². The molecule has 3 aromatic rings. The highest BCUT2D eigenvalue weighted by Gasteiger charge is 2.33. The van der Waals surface area contributed by atoms with Gasteiger partial charge < -0.3 is 14.8 Å². The molecule has 178 valence electrons. The largest absolute Gasteiger partial charge is 0.494 e. The fraction of sp³-hybridized carbons (Fsp3) is 0.148. The Morgan fingerprint density at radius 2 is 1.77 bits per heavy atom. The number of nitrogens with zero attached hydrogens (tertiary/aromatic N) is 1. The summed E-state index contributed by atoms with van der Waals surface area (Å²) in [6, 6.07) is 24.5. The lowest BCUT2D eigenvalue weighted by molar-refractivity contribution is -0.126. The SMILES string of the molecule is CCOc1ccc(NC(=O)CN2C(=O)/C(=C/c3cccc(OCc4ccccc4)c3)SC2=S)cc1. The van der Waals surface area contributed by atoms with Crippen LogP contribution in [0.25, 0.3) is 6.08 Å². The normalized spacial score (nSPS) is 14.3. The Labute approximate surface area is 213 Å². The van der Waals surface area contributed by atoms with Crippen LogP contribution in [0.15, 0.2) is 83.8 Å². The molecule has 1 fully saturated rings. The number of hydrogen-bond donors (Lipinski definition) is 1. The van der Waals surface area contributed by atoms with E-state index in [0.717, 1.165) is 16.9 Å². The lowest BCUT2D eigenvalue weighted by Crippen LogP contribution is -2.36. The molecule has 0 unspecified atom stereocenters. The average molecular weight is 505 g/mol. The van der Waals surface area contributed by atoms with Crippen molar-refractivity contribution in [1.82, 2.24) is 4.90 Å². The summed E-state index contributed by atoms with van der Waals surface area (Å²) in [7, 11) is 0. The van der Waals surface area contributed by atoms with E-state index in [-0.39, 0.29) is 18.4 Å². The smallest absolute Gasteiger partial charge is 0.266 e. The number of nitrogens with one attached hydrogen (secondary N) is 1. The highest BCUT2D eigenvalue weighted by Crippen LogP contribution is 2.33. The van der Waals surface area contributed by atoms with Gasteiger partial charge in [-0.05, 0) is 60.5 Å². The molecule has 0 aliphatic carbocycles. The van der Waals surface area contributed by atoms with E-state index in [9.17, 15) is 9.59 Å². The molecule has 0 radical (unpaired) electrons. The van der Waals surface area contributed by atoms with Gasteiger partial charge in [-0.15, -0.1) is 0 Å². The van der Waals surface area contributed by atoms with E-state index in [1.54, 1.807) is 30.3 Å². The minimum Gasteiger partial charge on any atom is -0.494 e. The molecular formula is C27H24N2O4S2. The zero-order chi connectivity index (χ0) is 24.6. The van der Waals surface area contributed by atoms with Crippen LogP contribution in [0, 0.1) is 0 Å². The Morgan fingerprint density at radius 3 is 2.51 bits per heavy atom. The molecule has 1 saturated heterocycles. The van der Waals surface area contributed by atoms with Gasteiger partial charge in [-0.3, -0.25) is 14.5 Å². The lowest BCUT2D eigenvalue weighted by Gasteiger charge is -2.14. The van der Waals surface area contributed by atoms with Crippen LogP contribution in [0.2, 0.25) is 0 Å². The molecular weight excluding hydrogens is 480 g/mol. The molecule has 0 spiro atoms. The molecule has 4 rings (SSSR count). The summed E-state index contributed by atoms with van der Waals surface area (Å²) >= 11 is 6.55. The number of thiocarbonyl (C=S) groups is 1. The molecule has 2 amide bonds. The third-order valence-corrected chi connectivity index (χ3v) is 6.41. The van der Waals surface area contributed by atoms with Gasteiger partial charge >= 0.3 is 0 Å². The van der Waals surface area contributed by atoms with Crippen molar-refractivity contribution in [2.75, 3.05) is 18.5 Å². The molecule has 0 aromatic heterocycles. The Morgan fingerprint density at radius 1 is 1.00 bits per heavy atom. The van der Waals surface area contributed by atoms with Crippen LogP contribution < -0.4 is 14.8 Å². The summed E-state index contributed by atoms with van der Waals surface area (Å²) in [6.07, 6.45) is 1.76. The van der Waals surface area contributed by atoms with Crippen molar-refractivity contribution in [1.29, 1.82) is 0 Å². The summed E-state index contributed by atoms with van der Waals surface area (Å²) in [6.45, 7) is 2.77. The molecule has 3 aromatic carbocycles. The molecule has 1 heterocycles. The van der Waals surface area contributed by atoms with Gasteiger partial charge in [-0.25, -0.2) is 0 Å². The fourth-order valence-corrected chi connectivity index (χ4v) is 4.62. The minimum atomic E-state index is -0.331. The van der Waals surface area contributed by atoms with E-state index in [4.69, 9.17) is 21.7 Å². The van der Waals surface area contributed by atoms with Gasteiger partial charge in [-0.2, -0.15) is 0 Å². The average Bonchev–Trinajstić information content (AvgIpc) is 3.12. The number of anilines is 1. The maximum absolute atomic E-state index is 12.9. The molecule has 1 aliphatic heterocycles. The van der Waals surface area contributed by atoms with E-state index in [0.29, 0.717) is 33.9 Å². The molecule has 0 saturated carbocycles. The van der Waals surface area contributed by atoms with Crippen molar-refractivity contribution in [3.63, 3.8) is 0 Å². The first-order valence-corrected chi connectivity index (χ1v) is 12.3. The first-order chi connectivity index (χ1) is 17.0. The van der Waals surface area contributed by atoms with Crippen molar-refractivity contribution in [2.24, 2.45) is 0 Å². The van der Waals surface area contributed by atoms with Gasteiger partial charge in [0.2, 0.25) is 5.91 Å². The Hall–Kier alpha value is -3.62. The number of carbonyl (C=O) groups excluding carboxylic acids is 2. The summed E-state index contributed by atoms with van der Waals surface area (Å²) in [5, 5.41) is 2.79. The van der Waals surface area contributed by atoms with Crippen LogP contribution in [-0.2, 0) is 16.2 Å². The molecule has 0 atom stereocenters. The van der Waals surface area contributed by atoms with Crippen LogP contribution in [0.1, 0.15) is 18.1 Å². The van der Waals surface area contributed by atoms with E-state index in [2.05, 4.69) is 5.32 Å². The maximum atomic E-state index is 12.9. The predicted octanol–water partition coefficient (Wildman–Crippen LogP) is 5.50. The van der Waals surface area contributed by atoms with Gasteiger partial charge in [0.25, 0.3) is 5.91 Å². The molecule has 8 heteroatoms. The molecule has 1 aliphatic rings. The first-order valence-electron chi connectivity index (χ1n) is 11.1. The van der Waals surface area contributed by atoms with Gasteiger partial charge in [0.15, 0.2) is 0 Å². The molecule has 0 bridgehead atoms. The summed E-state index contributed by atoms with van der Waals surface area (Å²) < 4.78 is 11.6. The zero-order valence-corrected chi connectivity index (χ0v) is 20.7. The fourth-order valence-electron chi connectivity index (χ4n) is 3.37. The molecule has 1 N–H and O–H groups in total. The molecule has 35 heavy (non-hydrogen) atoms. The lowest BCUT2D eigenvalue weighted by atomic mass is 10.2. The Bertz CT molecular complexity index is 1240. The van der Waals surface area contributed by atoms with Crippen molar-refractivity contribution < 1.29 is 19.1 Å². The molecule has 6 nitrogen and oxygen atoms in total. The van der Waals surface area contributed by atoms with Crippen LogP contribution in [0.4, 0.5) is 5.69 Å². The van der Waals surface area contributed by atoms with E-state index in [1.165, 1.54) is 16.7 Å². The predicted molar refractivity (Wildman–Crippen MR) is 143 cm³/mol. The van der Waals surface area contributed by atoms with Crippen molar-refractivity contribution in [3.05, 3.63) is 94.9 Å². The van der Waals surface area contributed by atoms with Crippen molar-refractivity contribution in [2.45, 2.75) is 13.5 Å². The monoisotopic (exact) mass is 504 g/mol. The van der Waals surface area contributed by atoms with Crippen LogP contribution in [0.3, 0.4) is 0 Å². The number of rotatable bonds is 9.